The number of benzene rings is 1. The summed E-state index contributed by atoms with van der Waals surface area (Å²) < 4.78 is 14.0. The number of fused-ring (bicyclic) bond motifs is 1. The molecule has 3 rings (SSSR count). The summed E-state index contributed by atoms with van der Waals surface area (Å²) in [6.07, 6.45) is 4.45. The zero-order valence-corrected chi connectivity index (χ0v) is 12.3. The number of para-hydroxylation sites is 1. The normalized spacial score (nSPS) is 13.9. The molecule has 0 radical (unpaired) electrons. The van der Waals surface area contributed by atoms with Crippen LogP contribution in [-0.2, 0) is 19.4 Å². The minimum atomic E-state index is -0.248. The van der Waals surface area contributed by atoms with Crippen LogP contribution in [0.1, 0.15) is 29.7 Å². The van der Waals surface area contributed by atoms with Crippen LogP contribution in [0.15, 0.2) is 30.3 Å². The number of hydrogen-bond acceptors (Lipinski definition) is 3. The van der Waals surface area contributed by atoms with Crippen molar-refractivity contribution >= 4 is 11.5 Å². The van der Waals surface area contributed by atoms with Gasteiger partial charge in [0.05, 0.1) is 5.69 Å². The summed E-state index contributed by atoms with van der Waals surface area (Å²) in [5, 5.41) is 0. The Labute approximate surface area is 124 Å². The molecule has 1 heterocycles. The summed E-state index contributed by atoms with van der Waals surface area (Å²) in [5.74, 6) is 0.519. The van der Waals surface area contributed by atoms with Gasteiger partial charge in [-0.15, -0.1) is 0 Å². The molecule has 110 valence electrons. The maximum Gasteiger partial charge on any atom is 0.146 e. The smallest absolute Gasteiger partial charge is 0.146 e. The van der Waals surface area contributed by atoms with E-state index < -0.39 is 0 Å². The van der Waals surface area contributed by atoms with Crippen LogP contribution in [0, 0.1) is 5.82 Å². The Hall–Kier alpha value is -1.94. The van der Waals surface area contributed by atoms with Crippen LogP contribution in [-0.4, -0.2) is 12.0 Å². The molecule has 1 aliphatic carbocycles. The van der Waals surface area contributed by atoms with Gasteiger partial charge in [0.15, 0.2) is 0 Å². The van der Waals surface area contributed by atoms with Gasteiger partial charge in [0.25, 0.3) is 0 Å². The fourth-order valence-electron chi connectivity index (χ4n) is 2.95. The van der Waals surface area contributed by atoms with E-state index in [9.17, 15) is 4.39 Å². The monoisotopic (exact) mass is 285 g/mol. The SMILES string of the molecule is CN(c1ccccc1F)c1nc2c(cc1CN)CCCC2. The zero-order chi connectivity index (χ0) is 14.8. The highest BCUT2D eigenvalue weighted by Crippen LogP contribution is 2.31. The molecular weight excluding hydrogens is 265 g/mol. The summed E-state index contributed by atoms with van der Waals surface area (Å²) in [6, 6.07) is 8.89. The molecule has 0 amide bonds. The van der Waals surface area contributed by atoms with E-state index in [1.165, 1.54) is 24.5 Å². The zero-order valence-electron chi connectivity index (χ0n) is 12.3. The summed E-state index contributed by atoms with van der Waals surface area (Å²) in [7, 11) is 1.84. The third kappa shape index (κ3) is 2.63. The lowest BCUT2D eigenvalue weighted by Crippen LogP contribution is -2.19. The van der Waals surface area contributed by atoms with Gasteiger partial charge in [-0.2, -0.15) is 0 Å². The van der Waals surface area contributed by atoms with Gasteiger partial charge < -0.3 is 10.6 Å². The lowest BCUT2D eigenvalue weighted by molar-refractivity contribution is 0.626. The van der Waals surface area contributed by atoms with E-state index in [4.69, 9.17) is 10.7 Å². The molecule has 2 N–H and O–H groups in total. The van der Waals surface area contributed by atoms with Crippen molar-refractivity contribution in [2.45, 2.75) is 32.2 Å². The van der Waals surface area contributed by atoms with Gasteiger partial charge in [-0.3, -0.25) is 0 Å². The van der Waals surface area contributed by atoms with Crippen LogP contribution in [0.2, 0.25) is 0 Å². The number of hydrogen-bond donors (Lipinski definition) is 1. The van der Waals surface area contributed by atoms with Gasteiger partial charge in [0.2, 0.25) is 0 Å². The number of rotatable bonds is 3. The average Bonchev–Trinajstić information content (AvgIpc) is 2.53. The Bertz CT molecular complexity index is 654. The molecular formula is C17H20FN3. The van der Waals surface area contributed by atoms with Gasteiger partial charge in [0.1, 0.15) is 11.6 Å². The third-order valence-corrected chi connectivity index (χ3v) is 4.11. The number of anilines is 2. The fraction of sp³-hybridized carbons (Fsp3) is 0.353. The highest BCUT2D eigenvalue weighted by molar-refractivity contribution is 5.63. The third-order valence-electron chi connectivity index (χ3n) is 4.11. The molecule has 1 aromatic carbocycles. The molecule has 4 heteroatoms. The highest BCUT2D eigenvalue weighted by Gasteiger charge is 2.18. The molecule has 0 aliphatic heterocycles. The molecule has 2 aromatic rings. The lowest BCUT2D eigenvalue weighted by Gasteiger charge is -2.25. The van der Waals surface area contributed by atoms with E-state index in [1.54, 1.807) is 17.0 Å². The number of aromatic nitrogens is 1. The van der Waals surface area contributed by atoms with Crippen LogP contribution < -0.4 is 10.6 Å². The lowest BCUT2D eigenvalue weighted by atomic mass is 9.94. The van der Waals surface area contributed by atoms with Crippen molar-refractivity contribution in [3.05, 3.63) is 53.0 Å². The van der Waals surface area contributed by atoms with Gasteiger partial charge >= 0.3 is 0 Å². The predicted octanol–water partition coefficient (Wildman–Crippen LogP) is 3.33. The molecule has 0 saturated carbocycles. The van der Waals surface area contributed by atoms with Crippen molar-refractivity contribution in [1.29, 1.82) is 0 Å². The first-order chi connectivity index (χ1) is 10.2. The molecule has 0 spiro atoms. The first kappa shape index (κ1) is 14.0. The van der Waals surface area contributed by atoms with Crippen molar-refractivity contribution in [3.63, 3.8) is 0 Å². The van der Waals surface area contributed by atoms with Crippen LogP contribution in [0.3, 0.4) is 0 Å². The summed E-state index contributed by atoms with van der Waals surface area (Å²) in [4.78, 5) is 6.58. The van der Waals surface area contributed by atoms with E-state index >= 15 is 0 Å². The van der Waals surface area contributed by atoms with Crippen LogP contribution in [0.25, 0.3) is 0 Å². The average molecular weight is 285 g/mol. The molecule has 1 aromatic heterocycles. The van der Waals surface area contributed by atoms with E-state index in [1.807, 2.05) is 13.1 Å². The van der Waals surface area contributed by atoms with E-state index in [-0.39, 0.29) is 5.82 Å². The van der Waals surface area contributed by atoms with Crippen molar-refractivity contribution in [3.8, 4) is 0 Å². The fourth-order valence-corrected chi connectivity index (χ4v) is 2.95. The Morgan fingerprint density at radius 3 is 2.76 bits per heavy atom. The molecule has 0 unspecified atom stereocenters. The molecule has 21 heavy (non-hydrogen) atoms. The highest BCUT2D eigenvalue weighted by atomic mass is 19.1. The largest absolute Gasteiger partial charge is 0.327 e. The quantitative estimate of drug-likeness (QED) is 0.940. The molecule has 0 fully saturated rings. The summed E-state index contributed by atoms with van der Waals surface area (Å²) in [5.41, 5.74) is 9.81. The van der Waals surface area contributed by atoms with E-state index in [0.717, 1.165) is 29.9 Å². The number of nitrogens with two attached hydrogens (primary N) is 1. The minimum Gasteiger partial charge on any atom is -0.327 e. The molecule has 1 aliphatic rings. The maximum atomic E-state index is 14.0. The van der Waals surface area contributed by atoms with Gasteiger partial charge in [-0.25, -0.2) is 9.37 Å². The van der Waals surface area contributed by atoms with Crippen molar-refractivity contribution in [2.75, 3.05) is 11.9 Å². The molecule has 0 bridgehead atoms. The Morgan fingerprint density at radius 1 is 1.24 bits per heavy atom. The van der Waals surface area contributed by atoms with Gasteiger partial charge in [0, 0.05) is 24.8 Å². The second-order valence-electron chi connectivity index (χ2n) is 5.50. The first-order valence-corrected chi connectivity index (χ1v) is 7.40. The molecule has 3 nitrogen and oxygen atoms in total. The van der Waals surface area contributed by atoms with Crippen molar-refractivity contribution in [2.24, 2.45) is 5.73 Å². The summed E-state index contributed by atoms with van der Waals surface area (Å²) >= 11 is 0. The topological polar surface area (TPSA) is 42.2 Å². The second kappa shape index (κ2) is 5.82. The number of halogens is 1. The van der Waals surface area contributed by atoms with E-state index in [0.29, 0.717) is 12.2 Å². The van der Waals surface area contributed by atoms with Gasteiger partial charge in [-0.1, -0.05) is 12.1 Å². The van der Waals surface area contributed by atoms with Crippen LogP contribution in [0.5, 0.6) is 0 Å². The number of aryl methyl sites for hydroxylation is 2. The minimum absolute atomic E-state index is 0.248. The second-order valence-corrected chi connectivity index (χ2v) is 5.50. The summed E-state index contributed by atoms with van der Waals surface area (Å²) in [6.45, 7) is 0.411. The maximum absolute atomic E-state index is 14.0. The first-order valence-electron chi connectivity index (χ1n) is 7.40. The number of pyridine rings is 1. The van der Waals surface area contributed by atoms with Crippen molar-refractivity contribution in [1.82, 2.24) is 4.98 Å². The Kier molecular flexibility index (Phi) is 3.88. The van der Waals surface area contributed by atoms with Crippen LogP contribution in [0.4, 0.5) is 15.9 Å². The van der Waals surface area contributed by atoms with Gasteiger partial charge in [-0.05, 0) is 49.4 Å². The predicted molar refractivity (Wildman–Crippen MR) is 83.2 cm³/mol. The van der Waals surface area contributed by atoms with E-state index in [2.05, 4.69) is 6.07 Å². The Morgan fingerprint density at radius 2 is 2.00 bits per heavy atom. The van der Waals surface area contributed by atoms with Crippen LogP contribution >= 0.6 is 0 Å². The Balaban J connectivity index is 2.06. The van der Waals surface area contributed by atoms with Crippen molar-refractivity contribution < 1.29 is 4.39 Å². The molecule has 0 saturated heterocycles. The number of nitrogens with zero attached hydrogens (tertiary/aromatic N) is 2. The molecule has 0 atom stereocenters. The standard InChI is InChI=1S/C17H20FN3/c1-21(16-9-5-3-7-14(16)18)17-13(11-19)10-12-6-2-4-8-15(12)20-17/h3,5,7,9-10H,2,4,6,8,11,19H2,1H3.